The molecule has 0 fully saturated rings. The highest BCUT2D eigenvalue weighted by Crippen LogP contribution is 2.40. The van der Waals surface area contributed by atoms with E-state index in [0.717, 1.165) is 18.1 Å². The second-order valence-corrected chi connectivity index (χ2v) is 3.95. The van der Waals surface area contributed by atoms with Crippen LogP contribution in [0, 0.1) is 0 Å². The lowest BCUT2D eigenvalue weighted by molar-refractivity contribution is 0.415. The average Bonchev–Trinajstić information content (AvgIpc) is 2.82. The van der Waals surface area contributed by atoms with Crippen molar-refractivity contribution in [2.75, 3.05) is 24.0 Å². The Morgan fingerprint density at radius 3 is 2.53 bits per heavy atom. The molecular formula is C14H14N2O. The number of fused-ring (bicyclic) bond motifs is 1. The number of nitrogens with one attached hydrogen (secondary N) is 1. The molecule has 0 unspecified atom stereocenters. The highest BCUT2D eigenvalue weighted by molar-refractivity contribution is 5.83. The van der Waals surface area contributed by atoms with Gasteiger partial charge in [-0.25, -0.2) is 0 Å². The van der Waals surface area contributed by atoms with Crippen molar-refractivity contribution in [2.24, 2.45) is 0 Å². The summed E-state index contributed by atoms with van der Waals surface area (Å²) in [5.41, 5.74) is 3.45. The van der Waals surface area contributed by atoms with Crippen LogP contribution >= 0.6 is 0 Å². The molecule has 0 bridgehead atoms. The Bertz CT molecular complexity index is 539. The fourth-order valence-electron chi connectivity index (χ4n) is 2.18. The Labute approximate surface area is 101 Å². The summed E-state index contributed by atoms with van der Waals surface area (Å²) in [4.78, 5) is 2.22. The van der Waals surface area contributed by atoms with E-state index in [9.17, 15) is 0 Å². The Balaban J connectivity index is 2.07. The minimum atomic E-state index is 0.778. The molecule has 0 aromatic heterocycles. The zero-order valence-corrected chi connectivity index (χ0v) is 9.68. The van der Waals surface area contributed by atoms with Crippen LogP contribution in [0.25, 0.3) is 0 Å². The molecule has 1 N–H and O–H groups in total. The normalized spacial score (nSPS) is 13.1. The SMILES string of the molecule is COc1ccccc1N1CNc2ccccc21. The topological polar surface area (TPSA) is 24.5 Å². The second kappa shape index (κ2) is 4.01. The molecule has 0 saturated heterocycles. The zero-order valence-electron chi connectivity index (χ0n) is 9.68. The van der Waals surface area contributed by atoms with Gasteiger partial charge in [-0.2, -0.15) is 0 Å². The van der Waals surface area contributed by atoms with Crippen molar-refractivity contribution in [2.45, 2.75) is 0 Å². The maximum Gasteiger partial charge on any atom is 0.142 e. The number of benzene rings is 2. The van der Waals surface area contributed by atoms with Gasteiger partial charge in [0.05, 0.1) is 30.8 Å². The number of anilines is 3. The molecule has 2 aromatic carbocycles. The van der Waals surface area contributed by atoms with Crippen LogP contribution in [0.1, 0.15) is 0 Å². The monoisotopic (exact) mass is 226 g/mol. The van der Waals surface area contributed by atoms with Crippen molar-refractivity contribution in [3.63, 3.8) is 0 Å². The van der Waals surface area contributed by atoms with Gasteiger partial charge in [-0.1, -0.05) is 24.3 Å². The second-order valence-electron chi connectivity index (χ2n) is 3.95. The van der Waals surface area contributed by atoms with Gasteiger partial charge in [0.25, 0.3) is 0 Å². The first-order chi connectivity index (χ1) is 8.40. The summed E-state index contributed by atoms with van der Waals surface area (Å²) in [6.07, 6.45) is 0. The largest absolute Gasteiger partial charge is 0.495 e. The first kappa shape index (κ1) is 10.0. The van der Waals surface area contributed by atoms with E-state index in [-0.39, 0.29) is 0 Å². The number of ether oxygens (including phenoxy) is 1. The highest BCUT2D eigenvalue weighted by atomic mass is 16.5. The number of nitrogens with zero attached hydrogens (tertiary/aromatic N) is 1. The lowest BCUT2D eigenvalue weighted by Crippen LogP contribution is -2.17. The van der Waals surface area contributed by atoms with Gasteiger partial charge in [0, 0.05) is 0 Å². The maximum atomic E-state index is 5.40. The van der Waals surface area contributed by atoms with E-state index in [2.05, 4.69) is 28.4 Å². The van der Waals surface area contributed by atoms with Gasteiger partial charge in [-0.05, 0) is 24.3 Å². The van der Waals surface area contributed by atoms with Gasteiger partial charge in [0.15, 0.2) is 0 Å². The summed E-state index contributed by atoms with van der Waals surface area (Å²) in [6.45, 7) is 0.778. The fourth-order valence-corrected chi connectivity index (χ4v) is 2.18. The van der Waals surface area contributed by atoms with Crippen LogP contribution in [0.3, 0.4) is 0 Å². The van der Waals surface area contributed by atoms with Gasteiger partial charge < -0.3 is 15.0 Å². The van der Waals surface area contributed by atoms with E-state index in [4.69, 9.17) is 4.74 Å². The van der Waals surface area contributed by atoms with Crippen LogP contribution in [0.2, 0.25) is 0 Å². The third kappa shape index (κ3) is 1.60. The van der Waals surface area contributed by atoms with Crippen molar-refractivity contribution >= 4 is 17.1 Å². The van der Waals surface area contributed by atoms with E-state index in [1.54, 1.807) is 7.11 Å². The standard InChI is InChI=1S/C14H14N2O/c1-17-14-9-5-4-8-13(14)16-10-15-11-6-2-3-7-12(11)16/h2-9,15H,10H2,1H3. The Hall–Kier alpha value is -2.16. The molecule has 0 aliphatic carbocycles. The van der Waals surface area contributed by atoms with Gasteiger partial charge in [0.2, 0.25) is 0 Å². The van der Waals surface area contributed by atoms with E-state index in [0.29, 0.717) is 0 Å². The van der Waals surface area contributed by atoms with E-state index in [1.165, 1.54) is 11.4 Å². The molecule has 1 aliphatic rings. The van der Waals surface area contributed by atoms with Crippen molar-refractivity contribution in [1.82, 2.24) is 0 Å². The number of hydrogen-bond acceptors (Lipinski definition) is 3. The Morgan fingerprint density at radius 2 is 1.71 bits per heavy atom. The average molecular weight is 226 g/mol. The van der Waals surface area contributed by atoms with Crippen molar-refractivity contribution in [3.8, 4) is 5.75 Å². The van der Waals surface area contributed by atoms with Crippen molar-refractivity contribution in [1.29, 1.82) is 0 Å². The molecule has 3 nitrogen and oxygen atoms in total. The molecule has 1 heterocycles. The number of para-hydroxylation sites is 4. The molecule has 17 heavy (non-hydrogen) atoms. The fraction of sp³-hybridized carbons (Fsp3) is 0.143. The lowest BCUT2D eigenvalue weighted by atomic mass is 10.2. The molecule has 3 heteroatoms. The van der Waals surface area contributed by atoms with Crippen molar-refractivity contribution in [3.05, 3.63) is 48.5 Å². The highest BCUT2D eigenvalue weighted by Gasteiger charge is 2.21. The minimum Gasteiger partial charge on any atom is -0.495 e. The van der Waals surface area contributed by atoms with Gasteiger partial charge in [-0.15, -0.1) is 0 Å². The van der Waals surface area contributed by atoms with Crippen LogP contribution in [-0.4, -0.2) is 13.8 Å². The van der Waals surface area contributed by atoms with Gasteiger partial charge in [0.1, 0.15) is 5.75 Å². The summed E-state index contributed by atoms with van der Waals surface area (Å²) in [5.74, 6) is 0.894. The molecule has 0 spiro atoms. The summed E-state index contributed by atoms with van der Waals surface area (Å²) in [6, 6.07) is 16.4. The van der Waals surface area contributed by atoms with Crippen LogP contribution in [0.5, 0.6) is 5.75 Å². The summed E-state index contributed by atoms with van der Waals surface area (Å²) >= 11 is 0. The lowest BCUT2D eigenvalue weighted by Gasteiger charge is -2.20. The predicted molar refractivity (Wildman–Crippen MR) is 70.1 cm³/mol. The quantitative estimate of drug-likeness (QED) is 0.851. The number of rotatable bonds is 2. The zero-order chi connectivity index (χ0) is 11.7. The number of hydrogen-bond donors (Lipinski definition) is 1. The number of methoxy groups -OCH3 is 1. The van der Waals surface area contributed by atoms with Crippen molar-refractivity contribution < 1.29 is 4.74 Å². The van der Waals surface area contributed by atoms with Crippen LogP contribution in [0.4, 0.5) is 17.1 Å². The molecule has 3 rings (SSSR count). The van der Waals surface area contributed by atoms with E-state index in [1.807, 2.05) is 30.3 Å². The summed E-state index contributed by atoms with van der Waals surface area (Å²) in [5, 5.41) is 3.37. The molecule has 0 saturated carbocycles. The molecule has 0 atom stereocenters. The van der Waals surface area contributed by atoms with Gasteiger partial charge >= 0.3 is 0 Å². The van der Waals surface area contributed by atoms with Gasteiger partial charge in [-0.3, -0.25) is 0 Å². The third-order valence-electron chi connectivity index (χ3n) is 3.00. The minimum absolute atomic E-state index is 0.778. The first-order valence-electron chi connectivity index (χ1n) is 5.63. The maximum absolute atomic E-state index is 5.40. The summed E-state index contributed by atoms with van der Waals surface area (Å²) in [7, 11) is 1.70. The van der Waals surface area contributed by atoms with Crippen LogP contribution < -0.4 is 15.0 Å². The first-order valence-corrected chi connectivity index (χ1v) is 5.63. The van der Waals surface area contributed by atoms with E-state index >= 15 is 0 Å². The van der Waals surface area contributed by atoms with Crippen LogP contribution in [-0.2, 0) is 0 Å². The predicted octanol–water partition coefficient (Wildman–Crippen LogP) is 3.22. The molecule has 2 aromatic rings. The Morgan fingerprint density at radius 1 is 1.00 bits per heavy atom. The molecule has 0 amide bonds. The molecule has 0 radical (unpaired) electrons. The van der Waals surface area contributed by atoms with Crippen LogP contribution in [0.15, 0.2) is 48.5 Å². The smallest absolute Gasteiger partial charge is 0.142 e. The summed E-state index contributed by atoms with van der Waals surface area (Å²) < 4.78 is 5.40. The molecule has 86 valence electrons. The molecular weight excluding hydrogens is 212 g/mol. The Kier molecular flexibility index (Phi) is 2.37. The van der Waals surface area contributed by atoms with E-state index < -0.39 is 0 Å². The third-order valence-corrected chi connectivity index (χ3v) is 3.00. The molecule has 1 aliphatic heterocycles.